The molecule has 2 heterocycles. The van der Waals surface area contributed by atoms with Crippen molar-refractivity contribution >= 4 is 5.91 Å². The van der Waals surface area contributed by atoms with E-state index in [0.717, 1.165) is 25.4 Å². The van der Waals surface area contributed by atoms with Crippen molar-refractivity contribution in [3.05, 3.63) is 0 Å². The molecule has 3 nitrogen and oxygen atoms in total. The van der Waals surface area contributed by atoms with E-state index in [4.69, 9.17) is 0 Å². The van der Waals surface area contributed by atoms with Crippen molar-refractivity contribution in [1.29, 1.82) is 0 Å². The van der Waals surface area contributed by atoms with Crippen LogP contribution in [0.25, 0.3) is 0 Å². The van der Waals surface area contributed by atoms with Crippen LogP contribution in [0.2, 0.25) is 0 Å². The number of β-lactam (4-membered cyclic amide) rings is 1. The van der Waals surface area contributed by atoms with E-state index in [1.807, 2.05) is 4.90 Å². The van der Waals surface area contributed by atoms with Crippen molar-refractivity contribution in [2.45, 2.75) is 59.4 Å². The van der Waals surface area contributed by atoms with Crippen LogP contribution in [0.5, 0.6) is 0 Å². The van der Waals surface area contributed by atoms with E-state index in [-0.39, 0.29) is 5.41 Å². The van der Waals surface area contributed by atoms with Crippen molar-refractivity contribution in [1.82, 2.24) is 9.80 Å². The lowest BCUT2D eigenvalue weighted by Gasteiger charge is -2.55. The van der Waals surface area contributed by atoms with Crippen LogP contribution in [0, 0.1) is 11.3 Å². The molecular formula is C16H30N2O. The van der Waals surface area contributed by atoms with Gasteiger partial charge in [-0.05, 0) is 39.2 Å². The third kappa shape index (κ3) is 2.81. The van der Waals surface area contributed by atoms with E-state index in [1.165, 1.54) is 32.4 Å². The van der Waals surface area contributed by atoms with Crippen LogP contribution in [-0.2, 0) is 4.79 Å². The van der Waals surface area contributed by atoms with Gasteiger partial charge in [-0.3, -0.25) is 4.79 Å². The number of amides is 1. The zero-order valence-corrected chi connectivity index (χ0v) is 13.1. The van der Waals surface area contributed by atoms with Gasteiger partial charge in [0, 0.05) is 25.7 Å². The summed E-state index contributed by atoms with van der Waals surface area (Å²) in [5.41, 5.74) is -0.0193. The lowest BCUT2D eigenvalue weighted by molar-refractivity contribution is -0.169. The smallest absolute Gasteiger partial charge is 0.232 e. The highest BCUT2D eigenvalue weighted by Crippen LogP contribution is 2.41. The second kappa shape index (κ2) is 5.82. The molecule has 2 rings (SSSR count). The van der Waals surface area contributed by atoms with Gasteiger partial charge in [0.2, 0.25) is 5.91 Å². The molecular weight excluding hydrogens is 236 g/mol. The highest BCUT2D eigenvalue weighted by molar-refractivity contribution is 5.89. The summed E-state index contributed by atoms with van der Waals surface area (Å²) in [5.74, 6) is 1.21. The van der Waals surface area contributed by atoms with Crippen molar-refractivity contribution in [2.75, 3.05) is 26.2 Å². The first kappa shape index (κ1) is 14.8. The van der Waals surface area contributed by atoms with E-state index < -0.39 is 0 Å². The summed E-state index contributed by atoms with van der Waals surface area (Å²) in [4.78, 5) is 17.0. The minimum Gasteiger partial charge on any atom is -0.339 e. The van der Waals surface area contributed by atoms with Crippen LogP contribution in [0.4, 0.5) is 0 Å². The third-order valence-corrected chi connectivity index (χ3v) is 5.14. The maximum Gasteiger partial charge on any atom is 0.232 e. The Labute approximate surface area is 118 Å². The predicted molar refractivity (Wildman–Crippen MR) is 79.0 cm³/mol. The molecule has 0 bridgehead atoms. The largest absolute Gasteiger partial charge is 0.339 e. The van der Waals surface area contributed by atoms with Gasteiger partial charge < -0.3 is 9.80 Å². The number of carbonyl (C=O) groups is 1. The average Bonchev–Trinajstić information content (AvgIpc) is 2.42. The number of likely N-dealkylation sites (tertiary alicyclic amines) is 2. The van der Waals surface area contributed by atoms with Crippen molar-refractivity contribution in [3.8, 4) is 0 Å². The molecule has 1 spiro atoms. The highest BCUT2D eigenvalue weighted by Gasteiger charge is 2.54. The first-order chi connectivity index (χ1) is 9.02. The molecule has 0 N–H and O–H groups in total. The molecule has 2 aliphatic heterocycles. The van der Waals surface area contributed by atoms with Crippen LogP contribution in [0.1, 0.15) is 53.4 Å². The molecule has 0 aromatic carbocycles. The molecule has 0 aromatic heterocycles. The summed E-state index contributed by atoms with van der Waals surface area (Å²) in [6, 6.07) is 0.368. The number of nitrogens with zero attached hydrogens (tertiary/aromatic N) is 2. The molecule has 2 saturated heterocycles. The van der Waals surface area contributed by atoms with E-state index in [9.17, 15) is 4.79 Å². The van der Waals surface area contributed by atoms with Crippen LogP contribution in [-0.4, -0.2) is 47.9 Å². The first-order valence-corrected chi connectivity index (χ1v) is 8.06. The van der Waals surface area contributed by atoms with Crippen LogP contribution < -0.4 is 0 Å². The predicted octanol–water partition coefficient (Wildman–Crippen LogP) is 2.76. The molecule has 2 aliphatic rings. The number of rotatable bonds is 5. The van der Waals surface area contributed by atoms with Gasteiger partial charge >= 0.3 is 0 Å². The fraction of sp³-hybridized carbons (Fsp3) is 0.938. The molecule has 3 heteroatoms. The van der Waals surface area contributed by atoms with Crippen molar-refractivity contribution in [2.24, 2.45) is 11.3 Å². The molecule has 1 amide bonds. The minimum atomic E-state index is -0.0193. The average molecular weight is 266 g/mol. The van der Waals surface area contributed by atoms with Crippen molar-refractivity contribution in [3.63, 3.8) is 0 Å². The van der Waals surface area contributed by atoms with Gasteiger partial charge in [-0.1, -0.05) is 26.7 Å². The van der Waals surface area contributed by atoms with Gasteiger partial charge in [-0.2, -0.15) is 0 Å². The van der Waals surface area contributed by atoms with E-state index >= 15 is 0 Å². The number of hydrogen-bond donors (Lipinski definition) is 0. The van der Waals surface area contributed by atoms with Crippen LogP contribution in [0.15, 0.2) is 0 Å². The Kier molecular flexibility index (Phi) is 4.54. The Morgan fingerprint density at radius 3 is 2.42 bits per heavy atom. The molecule has 110 valence electrons. The second-order valence-electron chi connectivity index (χ2n) is 6.83. The van der Waals surface area contributed by atoms with Gasteiger partial charge in [0.25, 0.3) is 0 Å². The summed E-state index contributed by atoms with van der Waals surface area (Å²) in [6.45, 7) is 13.2. The fourth-order valence-corrected chi connectivity index (χ4v) is 3.69. The molecule has 19 heavy (non-hydrogen) atoms. The van der Waals surface area contributed by atoms with Gasteiger partial charge in [-0.15, -0.1) is 0 Å². The monoisotopic (exact) mass is 266 g/mol. The van der Waals surface area contributed by atoms with Gasteiger partial charge in [0.05, 0.1) is 5.41 Å². The second-order valence-corrected chi connectivity index (χ2v) is 6.83. The standard InChI is InChI=1S/C16H30N2O/c1-5-14(6-2)10-17-9-7-8-16(11-17)12-18(13(3)4)15(16)19/h13-14H,5-12H2,1-4H3/t16-/m0/s1. The molecule has 0 radical (unpaired) electrons. The lowest BCUT2D eigenvalue weighted by atomic mass is 9.71. The Morgan fingerprint density at radius 1 is 1.21 bits per heavy atom. The SMILES string of the molecule is CCC(CC)CN1CCC[C@]2(C1)CN(C(C)C)C2=O. The number of piperidine rings is 1. The minimum absolute atomic E-state index is 0.0193. The summed E-state index contributed by atoms with van der Waals surface area (Å²) in [5, 5.41) is 0. The normalized spacial score (nSPS) is 28.5. The Hall–Kier alpha value is -0.570. The summed E-state index contributed by atoms with van der Waals surface area (Å²) >= 11 is 0. The zero-order valence-electron chi connectivity index (χ0n) is 13.1. The summed E-state index contributed by atoms with van der Waals surface area (Å²) < 4.78 is 0. The molecule has 0 unspecified atom stereocenters. The van der Waals surface area contributed by atoms with E-state index in [1.54, 1.807) is 0 Å². The van der Waals surface area contributed by atoms with Gasteiger partial charge in [0.1, 0.15) is 0 Å². The number of carbonyl (C=O) groups excluding carboxylic acids is 1. The van der Waals surface area contributed by atoms with Gasteiger partial charge in [-0.25, -0.2) is 0 Å². The molecule has 0 aliphatic carbocycles. The highest BCUT2D eigenvalue weighted by atomic mass is 16.2. The van der Waals surface area contributed by atoms with Crippen molar-refractivity contribution < 1.29 is 4.79 Å². The molecule has 1 atom stereocenters. The van der Waals surface area contributed by atoms with Crippen LogP contribution in [0.3, 0.4) is 0 Å². The number of hydrogen-bond acceptors (Lipinski definition) is 2. The topological polar surface area (TPSA) is 23.6 Å². The maximum absolute atomic E-state index is 12.4. The Morgan fingerprint density at radius 2 is 1.89 bits per heavy atom. The Bertz CT molecular complexity index is 325. The molecule has 0 saturated carbocycles. The fourth-order valence-electron chi connectivity index (χ4n) is 3.69. The molecule has 0 aromatic rings. The lowest BCUT2D eigenvalue weighted by Crippen LogP contribution is -2.68. The first-order valence-electron chi connectivity index (χ1n) is 8.06. The van der Waals surface area contributed by atoms with Gasteiger partial charge in [0.15, 0.2) is 0 Å². The third-order valence-electron chi connectivity index (χ3n) is 5.14. The quantitative estimate of drug-likeness (QED) is 0.714. The van der Waals surface area contributed by atoms with E-state index in [0.29, 0.717) is 11.9 Å². The summed E-state index contributed by atoms with van der Waals surface area (Å²) in [6.07, 6.45) is 4.81. The maximum atomic E-state index is 12.4. The summed E-state index contributed by atoms with van der Waals surface area (Å²) in [7, 11) is 0. The van der Waals surface area contributed by atoms with E-state index in [2.05, 4.69) is 32.6 Å². The van der Waals surface area contributed by atoms with Crippen LogP contribution >= 0.6 is 0 Å². The zero-order chi connectivity index (χ0) is 14.0. The Balaban J connectivity index is 1.93. The molecule has 2 fully saturated rings.